The molecule has 4 nitrogen and oxygen atoms in total. The maximum absolute atomic E-state index is 11.6. The molecule has 0 saturated heterocycles. The van der Waals surface area contributed by atoms with E-state index in [4.69, 9.17) is 4.74 Å². The zero-order valence-electron chi connectivity index (χ0n) is 13.3. The number of carboxylic acids is 1. The molecule has 0 bridgehead atoms. The number of carbonyl (C=O) groups is 1. The number of aryl methyl sites for hydroxylation is 1. The first-order valence-electron chi connectivity index (χ1n) is 7.72. The summed E-state index contributed by atoms with van der Waals surface area (Å²) < 4.78 is 5.66. The van der Waals surface area contributed by atoms with Crippen LogP contribution in [0.4, 0.5) is 0 Å². The Hall–Kier alpha value is -1.55. The van der Waals surface area contributed by atoms with Crippen molar-refractivity contribution in [2.45, 2.75) is 52.0 Å². The number of rotatable bonds is 10. The van der Waals surface area contributed by atoms with Crippen molar-refractivity contribution in [3.05, 3.63) is 29.8 Å². The average Bonchev–Trinajstić information content (AvgIpc) is 2.48. The molecular formula is C17H27NO3. The van der Waals surface area contributed by atoms with E-state index in [0.717, 1.165) is 18.7 Å². The Morgan fingerprint density at radius 3 is 2.48 bits per heavy atom. The van der Waals surface area contributed by atoms with Crippen molar-refractivity contribution in [2.75, 3.05) is 13.2 Å². The number of aliphatic carboxylic acids is 1. The Morgan fingerprint density at radius 1 is 1.29 bits per heavy atom. The van der Waals surface area contributed by atoms with Gasteiger partial charge in [0, 0.05) is 0 Å². The third-order valence-corrected chi connectivity index (χ3v) is 3.76. The van der Waals surface area contributed by atoms with E-state index in [-0.39, 0.29) is 0 Å². The minimum atomic E-state index is -0.827. The lowest BCUT2D eigenvalue weighted by Crippen LogP contribution is -2.52. The number of nitrogens with one attached hydrogen (secondary N) is 1. The van der Waals surface area contributed by atoms with Gasteiger partial charge in [-0.1, -0.05) is 31.5 Å². The Morgan fingerprint density at radius 2 is 1.95 bits per heavy atom. The maximum Gasteiger partial charge on any atom is 0.323 e. The lowest BCUT2D eigenvalue weighted by Gasteiger charge is -2.29. The topological polar surface area (TPSA) is 58.6 Å². The van der Waals surface area contributed by atoms with Crippen molar-refractivity contribution in [2.24, 2.45) is 0 Å². The number of carboxylic acid groups (broad SMARTS) is 1. The number of ether oxygens (including phenoxy) is 1. The molecule has 0 amide bonds. The molecule has 0 aliphatic carbocycles. The van der Waals surface area contributed by atoms with Crippen LogP contribution >= 0.6 is 0 Å². The predicted octanol–water partition coefficient (Wildman–Crippen LogP) is 3.39. The standard InChI is InChI=1S/C17H27NO3/c1-4-12-18-17(5-2,16(19)20)11-6-13-21-15-9-7-14(3)8-10-15/h7-10,18H,4-6,11-13H2,1-3H3,(H,19,20). The van der Waals surface area contributed by atoms with Crippen molar-refractivity contribution in [3.8, 4) is 5.75 Å². The summed E-state index contributed by atoms with van der Waals surface area (Å²) in [5, 5.41) is 12.7. The molecule has 0 aromatic heterocycles. The molecule has 1 aromatic carbocycles. The van der Waals surface area contributed by atoms with Gasteiger partial charge in [0.25, 0.3) is 0 Å². The largest absolute Gasteiger partial charge is 0.494 e. The quantitative estimate of drug-likeness (QED) is 0.649. The minimum Gasteiger partial charge on any atom is -0.494 e. The second-order valence-electron chi connectivity index (χ2n) is 5.43. The van der Waals surface area contributed by atoms with Gasteiger partial charge >= 0.3 is 5.97 Å². The van der Waals surface area contributed by atoms with Crippen LogP contribution in [0.3, 0.4) is 0 Å². The molecule has 1 rings (SSSR count). The summed E-state index contributed by atoms with van der Waals surface area (Å²) >= 11 is 0. The van der Waals surface area contributed by atoms with Crippen LogP contribution in [0.15, 0.2) is 24.3 Å². The number of hydrogen-bond donors (Lipinski definition) is 2. The summed E-state index contributed by atoms with van der Waals surface area (Å²) in [6, 6.07) is 7.89. The van der Waals surface area contributed by atoms with Gasteiger partial charge in [0.1, 0.15) is 11.3 Å². The predicted molar refractivity (Wildman–Crippen MR) is 84.9 cm³/mol. The smallest absolute Gasteiger partial charge is 0.323 e. The van der Waals surface area contributed by atoms with Crippen molar-refractivity contribution >= 4 is 5.97 Å². The second-order valence-corrected chi connectivity index (χ2v) is 5.43. The Kier molecular flexibility index (Phi) is 7.23. The highest BCUT2D eigenvalue weighted by Gasteiger charge is 2.35. The molecule has 1 atom stereocenters. The van der Waals surface area contributed by atoms with Gasteiger partial charge in [-0.25, -0.2) is 0 Å². The molecule has 0 saturated carbocycles. The first kappa shape index (κ1) is 17.5. The molecule has 1 aromatic rings. The fourth-order valence-electron chi connectivity index (χ4n) is 2.29. The van der Waals surface area contributed by atoms with Crippen molar-refractivity contribution in [3.63, 3.8) is 0 Å². The van der Waals surface area contributed by atoms with Gasteiger partial charge in [-0.2, -0.15) is 0 Å². The first-order chi connectivity index (χ1) is 10.0. The van der Waals surface area contributed by atoms with E-state index < -0.39 is 11.5 Å². The van der Waals surface area contributed by atoms with Crippen LogP contribution in [-0.4, -0.2) is 29.8 Å². The first-order valence-corrected chi connectivity index (χ1v) is 7.72. The van der Waals surface area contributed by atoms with Crippen LogP contribution in [0.5, 0.6) is 5.75 Å². The highest BCUT2D eigenvalue weighted by molar-refractivity contribution is 5.78. The molecule has 118 valence electrons. The zero-order valence-corrected chi connectivity index (χ0v) is 13.3. The molecule has 1 unspecified atom stereocenters. The molecule has 4 heteroatoms. The van der Waals surface area contributed by atoms with E-state index in [1.165, 1.54) is 5.56 Å². The molecule has 0 radical (unpaired) electrons. The molecule has 21 heavy (non-hydrogen) atoms. The van der Waals surface area contributed by atoms with Crippen LogP contribution in [0.2, 0.25) is 0 Å². The Labute approximate surface area is 127 Å². The van der Waals surface area contributed by atoms with Crippen LogP contribution in [0, 0.1) is 6.92 Å². The third-order valence-electron chi connectivity index (χ3n) is 3.76. The summed E-state index contributed by atoms with van der Waals surface area (Å²) in [4.78, 5) is 11.6. The van der Waals surface area contributed by atoms with Gasteiger partial charge in [0.15, 0.2) is 0 Å². The normalized spacial score (nSPS) is 13.7. The van der Waals surface area contributed by atoms with E-state index in [1.54, 1.807) is 0 Å². The van der Waals surface area contributed by atoms with E-state index in [9.17, 15) is 9.90 Å². The van der Waals surface area contributed by atoms with Gasteiger partial charge in [-0.05, 0) is 51.3 Å². The van der Waals surface area contributed by atoms with Crippen LogP contribution in [-0.2, 0) is 4.79 Å². The second kappa shape index (κ2) is 8.67. The van der Waals surface area contributed by atoms with Crippen molar-refractivity contribution in [1.29, 1.82) is 0 Å². The summed E-state index contributed by atoms with van der Waals surface area (Å²) in [6.45, 7) is 7.24. The molecule has 0 heterocycles. The number of benzene rings is 1. The molecule has 0 aliphatic heterocycles. The van der Waals surface area contributed by atoms with Crippen LogP contribution < -0.4 is 10.1 Å². The fraction of sp³-hybridized carbons (Fsp3) is 0.588. The number of hydrogen-bond acceptors (Lipinski definition) is 3. The third kappa shape index (κ3) is 5.38. The van der Waals surface area contributed by atoms with Crippen molar-refractivity contribution in [1.82, 2.24) is 5.32 Å². The van der Waals surface area contributed by atoms with Gasteiger partial charge in [-0.15, -0.1) is 0 Å². The van der Waals surface area contributed by atoms with Gasteiger partial charge in [-0.3, -0.25) is 4.79 Å². The average molecular weight is 293 g/mol. The zero-order chi connectivity index (χ0) is 15.7. The van der Waals surface area contributed by atoms with E-state index in [1.807, 2.05) is 45.0 Å². The molecule has 0 aliphatic rings. The van der Waals surface area contributed by atoms with E-state index >= 15 is 0 Å². The fourth-order valence-corrected chi connectivity index (χ4v) is 2.29. The summed E-state index contributed by atoms with van der Waals surface area (Å²) in [7, 11) is 0. The van der Waals surface area contributed by atoms with E-state index in [0.29, 0.717) is 25.9 Å². The lowest BCUT2D eigenvalue weighted by atomic mass is 9.90. The maximum atomic E-state index is 11.6. The van der Waals surface area contributed by atoms with Gasteiger partial charge in [0.2, 0.25) is 0 Å². The minimum absolute atomic E-state index is 0.534. The Balaban J connectivity index is 2.46. The van der Waals surface area contributed by atoms with Gasteiger partial charge < -0.3 is 15.2 Å². The van der Waals surface area contributed by atoms with Gasteiger partial charge in [0.05, 0.1) is 6.61 Å². The summed E-state index contributed by atoms with van der Waals surface area (Å²) in [5.74, 6) is 0.0633. The van der Waals surface area contributed by atoms with E-state index in [2.05, 4.69) is 5.32 Å². The Bertz CT molecular complexity index is 430. The summed E-state index contributed by atoms with van der Waals surface area (Å²) in [6.07, 6.45) is 2.79. The highest BCUT2D eigenvalue weighted by atomic mass is 16.5. The summed E-state index contributed by atoms with van der Waals surface area (Å²) in [5.41, 5.74) is 0.370. The SMILES string of the molecule is CCCNC(CC)(CCCOc1ccc(C)cc1)C(=O)O. The van der Waals surface area contributed by atoms with Crippen molar-refractivity contribution < 1.29 is 14.6 Å². The molecule has 2 N–H and O–H groups in total. The molecule has 0 fully saturated rings. The monoisotopic (exact) mass is 293 g/mol. The molecular weight excluding hydrogens is 266 g/mol. The highest BCUT2D eigenvalue weighted by Crippen LogP contribution is 2.19. The van der Waals surface area contributed by atoms with Crippen LogP contribution in [0.25, 0.3) is 0 Å². The lowest BCUT2D eigenvalue weighted by molar-refractivity contribution is -0.145. The molecule has 0 spiro atoms. The van der Waals surface area contributed by atoms with Crippen LogP contribution in [0.1, 0.15) is 45.1 Å².